The van der Waals surface area contributed by atoms with E-state index in [0.29, 0.717) is 28.7 Å². The molecule has 1 atom stereocenters. The van der Waals surface area contributed by atoms with Gasteiger partial charge in [-0.3, -0.25) is 4.79 Å². The number of anilines is 1. The predicted octanol–water partition coefficient (Wildman–Crippen LogP) is 1.98. The Morgan fingerprint density at radius 3 is 2.72 bits per heavy atom. The molecule has 1 amide bonds. The van der Waals surface area contributed by atoms with Crippen molar-refractivity contribution in [3.8, 4) is 0 Å². The summed E-state index contributed by atoms with van der Waals surface area (Å²) in [6, 6.07) is 5.09. The molecule has 2 rings (SSSR count). The molecule has 1 aliphatic rings. The molecule has 5 N–H and O–H groups in total. The van der Waals surface area contributed by atoms with E-state index in [-0.39, 0.29) is 5.54 Å². The standard InChI is InChI=1S/C13H18ClN3O/c1-13(7-15,8-2-3-8)17-11-5-4-9(14)6-10(11)12(16)18/h4-6,8,17H,2-3,7,15H2,1H3,(H2,16,18). The molecule has 0 bridgehead atoms. The number of rotatable bonds is 5. The van der Waals surface area contributed by atoms with Crippen molar-refractivity contribution < 1.29 is 4.79 Å². The van der Waals surface area contributed by atoms with Crippen molar-refractivity contribution in [1.29, 1.82) is 0 Å². The number of nitrogens with two attached hydrogens (primary N) is 2. The van der Waals surface area contributed by atoms with Gasteiger partial charge in [-0.2, -0.15) is 0 Å². The van der Waals surface area contributed by atoms with Crippen LogP contribution < -0.4 is 16.8 Å². The maximum absolute atomic E-state index is 11.4. The third kappa shape index (κ3) is 2.60. The normalized spacial score (nSPS) is 18.2. The first kappa shape index (κ1) is 13.2. The topological polar surface area (TPSA) is 81.1 Å². The van der Waals surface area contributed by atoms with Gasteiger partial charge in [0.05, 0.1) is 5.56 Å². The number of hydrogen-bond donors (Lipinski definition) is 3. The van der Waals surface area contributed by atoms with Crippen LogP contribution in [0.25, 0.3) is 0 Å². The molecule has 1 saturated carbocycles. The zero-order valence-corrected chi connectivity index (χ0v) is 11.1. The number of amides is 1. The Morgan fingerprint density at radius 1 is 1.56 bits per heavy atom. The van der Waals surface area contributed by atoms with Crippen molar-refractivity contribution in [3.05, 3.63) is 28.8 Å². The fourth-order valence-corrected chi connectivity index (χ4v) is 2.35. The number of benzene rings is 1. The van der Waals surface area contributed by atoms with Crippen molar-refractivity contribution in [2.45, 2.75) is 25.3 Å². The molecule has 5 heteroatoms. The number of nitrogens with one attached hydrogen (secondary N) is 1. The van der Waals surface area contributed by atoms with Crippen LogP contribution in [0.4, 0.5) is 5.69 Å². The van der Waals surface area contributed by atoms with Gasteiger partial charge < -0.3 is 16.8 Å². The van der Waals surface area contributed by atoms with Gasteiger partial charge in [-0.05, 0) is 43.9 Å². The maximum atomic E-state index is 11.4. The summed E-state index contributed by atoms with van der Waals surface area (Å²) in [5.41, 5.74) is 12.1. The molecule has 18 heavy (non-hydrogen) atoms. The summed E-state index contributed by atoms with van der Waals surface area (Å²) in [5.74, 6) is 0.0640. The molecule has 0 aromatic heterocycles. The maximum Gasteiger partial charge on any atom is 0.250 e. The molecule has 4 nitrogen and oxygen atoms in total. The van der Waals surface area contributed by atoms with E-state index in [1.807, 2.05) is 0 Å². The van der Waals surface area contributed by atoms with Crippen LogP contribution in [-0.2, 0) is 0 Å². The van der Waals surface area contributed by atoms with Crippen molar-refractivity contribution >= 4 is 23.2 Å². The Morgan fingerprint density at radius 2 is 2.22 bits per heavy atom. The first-order valence-corrected chi connectivity index (χ1v) is 6.41. The summed E-state index contributed by atoms with van der Waals surface area (Å²) >= 11 is 5.88. The van der Waals surface area contributed by atoms with E-state index in [0.717, 1.165) is 0 Å². The van der Waals surface area contributed by atoms with Gasteiger partial charge in [-0.15, -0.1) is 0 Å². The number of carbonyl (C=O) groups excluding carboxylic acids is 1. The van der Waals surface area contributed by atoms with Crippen LogP contribution in [0.5, 0.6) is 0 Å². The summed E-state index contributed by atoms with van der Waals surface area (Å²) in [5, 5.41) is 3.86. The van der Waals surface area contributed by atoms with E-state index in [2.05, 4.69) is 12.2 Å². The summed E-state index contributed by atoms with van der Waals surface area (Å²) < 4.78 is 0. The second-order valence-electron chi connectivity index (χ2n) is 5.08. The lowest BCUT2D eigenvalue weighted by Gasteiger charge is -2.31. The third-order valence-corrected chi connectivity index (χ3v) is 3.80. The molecule has 1 aliphatic carbocycles. The Balaban J connectivity index is 2.30. The minimum Gasteiger partial charge on any atom is -0.378 e. The molecule has 0 radical (unpaired) electrons. The molecule has 0 spiro atoms. The predicted molar refractivity (Wildman–Crippen MR) is 73.8 cm³/mol. The van der Waals surface area contributed by atoms with Crippen LogP contribution in [0.3, 0.4) is 0 Å². The van der Waals surface area contributed by atoms with Crippen LogP contribution in [0.2, 0.25) is 5.02 Å². The van der Waals surface area contributed by atoms with Crippen molar-refractivity contribution in [1.82, 2.24) is 0 Å². The van der Waals surface area contributed by atoms with Gasteiger partial charge in [-0.25, -0.2) is 0 Å². The van der Waals surface area contributed by atoms with E-state index < -0.39 is 5.91 Å². The van der Waals surface area contributed by atoms with Crippen molar-refractivity contribution in [2.24, 2.45) is 17.4 Å². The highest BCUT2D eigenvalue weighted by Crippen LogP contribution is 2.41. The zero-order valence-electron chi connectivity index (χ0n) is 10.4. The van der Waals surface area contributed by atoms with Gasteiger partial charge in [0.1, 0.15) is 0 Å². The van der Waals surface area contributed by atoms with Crippen LogP contribution in [0, 0.1) is 5.92 Å². The lowest BCUT2D eigenvalue weighted by molar-refractivity contribution is 0.100. The second kappa shape index (κ2) is 4.78. The molecule has 1 aromatic rings. The van der Waals surface area contributed by atoms with Crippen LogP contribution in [-0.4, -0.2) is 18.0 Å². The Kier molecular flexibility index (Phi) is 3.50. The minimum absolute atomic E-state index is 0.196. The van der Waals surface area contributed by atoms with Gasteiger partial charge in [0.25, 0.3) is 5.91 Å². The summed E-state index contributed by atoms with van der Waals surface area (Å²) in [7, 11) is 0. The number of hydrogen-bond acceptors (Lipinski definition) is 3. The number of primary amides is 1. The van der Waals surface area contributed by atoms with Crippen molar-refractivity contribution in [3.63, 3.8) is 0 Å². The van der Waals surface area contributed by atoms with Gasteiger partial charge in [-0.1, -0.05) is 11.6 Å². The van der Waals surface area contributed by atoms with E-state index in [1.54, 1.807) is 18.2 Å². The molecule has 0 heterocycles. The van der Waals surface area contributed by atoms with E-state index >= 15 is 0 Å². The zero-order chi connectivity index (χ0) is 13.3. The van der Waals surface area contributed by atoms with E-state index in [9.17, 15) is 4.79 Å². The number of halogens is 1. The van der Waals surface area contributed by atoms with E-state index in [1.165, 1.54) is 12.8 Å². The molecule has 98 valence electrons. The molecule has 1 aromatic carbocycles. The summed E-state index contributed by atoms with van der Waals surface area (Å²) in [6.45, 7) is 2.59. The van der Waals surface area contributed by atoms with Gasteiger partial charge in [0, 0.05) is 22.8 Å². The lowest BCUT2D eigenvalue weighted by Crippen LogP contribution is -2.45. The van der Waals surface area contributed by atoms with Crippen LogP contribution in [0.15, 0.2) is 18.2 Å². The molecule has 0 saturated heterocycles. The van der Waals surface area contributed by atoms with Gasteiger partial charge in [0.2, 0.25) is 0 Å². The third-order valence-electron chi connectivity index (χ3n) is 3.57. The summed E-state index contributed by atoms with van der Waals surface area (Å²) in [6.07, 6.45) is 2.33. The quantitative estimate of drug-likeness (QED) is 0.763. The number of carbonyl (C=O) groups is 1. The Hall–Kier alpha value is -1.26. The fraction of sp³-hybridized carbons (Fsp3) is 0.462. The smallest absolute Gasteiger partial charge is 0.250 e. The van der Waals surface area contributed by atoms with Crippen LogP contribution in [0.1, 0.15) is 30.1 Å². The lowest BCUT2D eigenvalue weighted by atomic mass is 9.95. The summed E-state index contributed by atoms with van der Waals surface area (Å²) in [4.78, 5) is 11.4. The molecule has 1 unspecified atom stereocenters. The first-order chi connectivity index (χ1) is 8.46. The largest absolute Gasteiger partial charge is 0.378 e. The minimum atomic E-state index is -0.491. The molecular formula is C13H18ClN3O. The highest BCUT2D eigenvalue weighted by atomic mass is 35.5. The van der Waals surface area contributed by atoms with Gasteiger partial charge >= 0.3 is 0 Å². The van der Waals surface area contributed by atoms with E-state index in [4.69, 9.17) is 23.1 Å². The SMILES string of the molecule is CC(CN)(Nc1ccc(Cl)cc1C(N)=O)C1CC1. The van der Waals surface area contributed by atoms with Crippen molar-refractivity contribution in [2.75, 3.05) is 11.9 Å². The van der Waals surface area contributed by atoms with Gasteiger partial charge in [0.15, 0.2) is 0 Å². The molecular weight excluding hydrogens is 250 g/mol. The average molecular weight is 268 g/mol. The van der Waals surface area contributed by atoms with Crippen LogP contribution >= 0.6 is 11.6 Å². The monoisotopic (exact) mass is 267 g/mol. The highest BCUT2D eigenvalue weighted by Gasteiger charge is 2.40. The first-order valence-electron chi connectivity index (χ1n) is 6.04. The highest BCUT2D eigenvalue weighted by molar-refractivity contribution is 6.31. The molecule has 1 fully saturated rings. The Bertz CT molecular complexity index is 473. The molecule has 0 aliphatic heterocycles. The Labute approximate surface area is 112 Å². The fourth-order valence-electron chi connectivity index (χ4n) is 2.18. The second-order valence-corrected chi connectivity index (χ2v) is 5.51. The average Bonchev–Trinajstić information content (AvgIpc) is 3.15.